The smallest absolute Gasteiger partial charge is 0.340 e. The van der Waals surface area contributed by atoms with Gasteiger partial charge in [0.05, 0.1) is 11.9 Å². The number of aromatic nitrogens is 3. The lowest BCUT2D eigenvalue weighted by atomic mass is 10.0. The van der Waals surface area contributed by atoms with Crippen LogP contribution in [0.2, 0.25) is 0 Å². The fourth-order valence-corrected chi connectivity index (χ4v) is 3.73. The van der Waals surface area contributed by atoms with E-state index in [0.29, 0.717) is 28.3 Å². The summed E-state index contributed by atoms with van der Waals surface area (Å²) in [7, 11) is -5.53. The van der Waals surface area contributed by atoms with Crippen LogP contribution in [0.15, 0.2) is 66.9 Å². The van der Waals surface area contributed by atoms with E-state index in [0.717, 1.165) is 12.1 Å². The van der Waals surface area contributed by atoms with Gasteiger partial charge < -0.3 is 5.32 Å². The average molecular weight is 461 g/mol. The lowest BCUT2D eigenvalue weighted by molar-refractivity contribution is -0.0429. The van der Waals surface area contributed by atoms with Crippen molar-refractivity contribution in [1.82, 2.24) is 14.6 Å². The van der Waals surface area contributed by atoms with Crippen molar-refractivity contribution < 1.29 is 21.6 Å². The molecule has 2 aromatic carbocycles. The van der Waals surface area contributed by atoms with E-state index in [4.69, 9.17) is 0 Å². The third kappa shape index (κ3) is 4.24. The summed E-state index contributed by atoms with van der Waals surface area (Å²) in [6, 6.07) is 16.4. The molecule has 2 heterocycles. The van der Waals surface area contributed by atoms with Gasteiger partial charge in [-0.3, -0.25) is 4.72 Å². The molecule has 2 N–H and O–H groups in total. The Kier molecular flexibility index (Phi) is 5.51. The van der Waals surface area contributed by atoms with Gasteiger partial charge in [-0.1, -0.05) is 37.3 Å². The van der Waals surface area contributed by atoms with E-state index in [2.05, 4.69) is 15.4 Å². The molecular formula is C21H18F3N5O2S. The predicted molar refractivity (Wildman–Crippen MR) is 116 cm³/mol. The number of benzene rings is 2. The summed E-state index contributed by atoms with van der Waals surface area (Å²) in [6.45, 7) is 2.00. The molecule has 0 aliphatic rings. The molecule has 0 radical (unpaired) electrons. The van der Waals surface area contributed by atoms with Crippen molar-refractivity contribution >= 4 is 32.9 Å². The molecule has 11 heteroatoms. The van der Waals surface area contributed by atoms with E-state index in [1.165, 1.54) is 12.1 Å². The van der Waals surface area contributed by atoms with Gasteiger partial charge >= 0.3 is 15.5 Å². The average Bonchev–Trinajstić information content (AvgIpc) is 3.23. The Balaban J connectivity index is 1.63. The van der Waals surface area contributed by atoms with E-state index in [-0.39, 0.29) is 5.69 Å². The van der Waals surface area contributed by atoms with Gasteiger partial charge in [-0.2, -0.15) is 31.2 Å². The maximum Gasteiger partial charge on any atom is 0.516 e. The van der Waals surface area contributed by atoms with E-state index < -0.39 is 15.5 Å². The molecule has 0 saturated carbocycles. The molecule has 0 spiro atoms. The molecule has 0 aliphatic heterocycles. The van der Waals surface area contributed by atoms with Crippen molar-refractivity contribution in [3.8, 4) is 11.1 Å². The SMILES string of the molecule is CCc1cc(Nc2ccc(-c3ccccc3NS(=O)(=O)C(F)(F)F)cc2)n2nccc2n1. The first-order valence-electron chi connectivity index (χ1n) is 9.57. The van der Waals surface area contributed by atoms with Crippen LogP contribution in [0.4, 0.5) is 30.4 Å². The van der Waals surface area contributed by atoms with E-state index in [9.17, 15) is 21.6 Å². The summed E-state index contributed by atoms with van der Waals surface area (Å²) in [6.07, 6.45) is 2.40. The molecule has 0 aliphatic carbocycles. The summed E-state index contributed by atoms with van der Waals surface area (Å²) in [5.74, 6) is 0.711. The van der Waals surface area contributed by atoms with Gasteiger partial charge in [0.1, 0.15) is 5.82 Å². The number of halogens is 3. The van der Waals surface area contributed by atoms with Crippen LogP contribution in [0, 0.1) is 0 Å². The van der Waals surface area contributed by atoms with E-state index in [1.807, 2.05) is 13.0 Å². The number of para-hydroxylation sites is 1. The van der Waals surface area contributed by atoms with E-state index >= 15 is 0 Å². The second-order valence-electron chi connectivity index (χ2n) is 6.89. The van der Waals surface area contributed by atoms with Crippen LogP contribution in [0.5, 0.6) is 0 Å². The lowest BCUT2D eigenvalue weighted by Gasteiger charge is -2.15. The molecular weight excluding hydrogens is 443 g/mol. The van der Waals surface area contributed by atoms with Crippen LogP contribution in [-0.4, -0.2) is 28.5 Å². The third-order valence-corrected chi connectivity index (χ3v) is 5.82. The number of anilines is 3. The highest BCUT2D eigenvalue weighted by molar-refractivity contribution is 7.93. The molecule has 7 nitrogen and oxygen atoms in total. The first-order chi connectivity index (χ1) is 15.2. The molecule has 0 saturated heterocycles. The zero-order valence-electron chi connectivity index (χ0n) is 16.8. The fraction of sp³-hybridized carbons (Fsp3) is 0.143. The summed E-state index contributed by atoms with van der Waals surface area (Å²) in [4.78, 5) is 4.49. The van der Waals surface area contributed by atoms with Crippen LogP contribution in [0.25, 0.3) is 16.8 Å². The van der Waals surface area contributed by atoms with E-state index in [1.54, 1.807) is 57.9 Å². The molecule has 0 bridgehead atoms. The van der Waals surface area contributed by atoms with Gasteiger partial charge in [-0.15, -0.1) is 0 Å². The first-order valence-corrected chi connectivity index (χ1v) is 11.1. The minimum atomic E-state index is -5.53. The maximum atomic E-state index is 12.8. The maximum absolute atomic E-state index is 12.8. The summed E-state index contributed by atoms with van der Waals surface area (Å²) in [5.41, 5.74) is -2.40. The molecule has 4 rings (SSSR count). The Hall–Kier alpha value is -3.60. The largest absolute Gasteiger partial charge is 0.516 e. The number of alkyl halides is 3. The van der Waals surface area contributed by atoms with Crippen molar-refractivity contribution in [2.75, 3.05) is 10.0 Å². The normalized spacial score (nSPS) is 12.1. The molecule has 2 aromatic heterocycles. The quantitative estimate of drug-likeness (QED) is 0.424. The summed E-state index contributed by atoms with van der Waals surface area (Å²) >= 11 is 0. The number of fused-ring (bicyclic) bond motifs is 1. The molecule has 32 heavy (non-hydrogen) atoms. The standard InChI is InChI=1S/C21H18F3N5O2S/c1-2-15-13-20(29-19(26-15)11-12-25-29)27-16-9-7-14(8-10-16)17-5-3-4-6-18(17)28-32(30,31)21(22,23)24/h3-13,27-28H,2H2,1H3. The molecule has 0 unspecified atom stereocenters. The Bertz CT molecular complexity index is 1370. The highest BCUT2D eigenvalue weighted by Gasteiger charge is 2.46. The number of hydrogen-bond acceptors (Lipinski definition) is 5. The minimum Gasteiger partial charge on any atom is -0.340 e. The van der Waals surface area contributed by atoms with Gasteiger partial charge in [0, 0.05) is 29.1 Å². The van der Waals surface area contributed by atoms with Crippen LogP contribution in [-0.2, 0) is 16.4 Å². The van der Waals surface area contributed by atoms with Gasteiger partial charge in [-0.25, -0.2) is 4.98 Å². The van der Waals surface area contributed by atoms with Crippen molar-refractivity contribution in [2.45, 2.75) is 18.9 Å². The Morgan fingerprint density at radius 1 is 1.03 bits per heavy atom. The number of nitrogens with one attached hydrogen (secondary N) is 2. The Labute approximate surface area is 182 Å². The van der Waals surface area contributed by atoms with Crippen LogP contribution in [0.3, 0.4) is 0 Å². The first kappa shape index (κ1) is 21.6. The zero-order chi connectivity index (χ0) is 22.9. The highest BCUT2D eigenvalue weighted by atomic mass is 32.2. The Morgan fingerprint density at radius 3 is 2.44 bits per heavy atom. The number of hydrogen-bond donors (Lipinski definition) is 2. The molecule has 4 aromatic rings. The van der Waals surface area contributed by atoms with Gasteiger partial charge in [0.15, 0.2) is 5.65 Å². The number of rotatable bonds is 6. The second kappa shape index (κ2) is 8.15. The third-order valence-electron chi connectivity index (χ3n) is 4.72. The predicted octanol–water partition coefficient (Wildman–Crippen LogP) is 4.96. The number of aryl methyl sites for hydroxylation is 1. The van der Waals surface area contributed by atoms with Gasteiger partial charge in [0.2, 0.25) is 0 Å². The van der Waals surface area contributed by atoms with Crippen molar-refractivity contribution in [2.24, 2.45) is 0 Å². The van der Waals surface area contributed by atoms with Crippen LogP contribution in [0.1, 0.15) is 12.6 Å². The second-order valence-corrected chi connectivity index (χ2v) is 8.56. The van der Waals surface area contributed by atoms with Gasteiger partial charge in [-0.05, 0) is 30.2 Å². The summed E-state index contributed by atoms with van der Waals surface area (Å²) in [5, 5.41) is 7.51. The molecule has 166 valence electrons. The van der Waals surface area contributed by atoms with Crippen molar-refractivity contribution in [1.29, 1.82) is 0 Å². The summed E-state index contributed by atoms with van der Waals surface area (Å²) < 4.78 is 64.7. The van der Waals surface area contributed by atoms with Gasteiger partial charge in [0.25, 0.3) is 0 Å². The Morgan fingerprint density at radius 2 is 1.75 bits per heavy atom. The minimum absolute atomic E-state index is 0.162. The van der Waals surface area contributed by atoms with Crippen molar-refractivity contribution in [3.63, 3.8) is 0 Å². The van der Waals surface area contributed by atoms with Crippen molar-refractivity contribution in [3.05, 3.63) is 72.6 Å². The molecule has 0 amide bonds. The monoisotopic (exact) mass is 461 g/mol. The fourth-order valence-electron chi connectivity index (χ4n) is 3.14. The lowest BCUT2D eigenvalue weighted by Crippen LogP contribution is -2.30. The van der Waals surface area contributed by atoms with Crippen LogP contribution < -0.4 is 10.0 Å². The zero-order valence-corrected chi connectivity index (χ0v) is 17.6. The highest BCUT2D eigenvalue weighted by Crippen LogP contribution is 2.33. The van der Waals surface area contributed by atoms with Crippen LogP contribution >= 0.6 is 0 Å². The molecule has 0 fully saturated rings. The molecule has 0 atom stereocenters. The topological polar surface area (TPSA) is 88.4 Å². The number of sulfonamides is 1. The number of nitrogens with zero attached hydrogens (tertiary/aromatic N) is 3.